The molecular weight excluding hydrogens is 252 g/mol. The molecule has 0 bridgehead atoms. The first-order valence-corrected chi connectivity index (χ1v) is 6.48. The first-order valence-electron chi connectivity index (χ1n) is 6.48. The molecule has 19 heavy (non-hydrogen) atoms. The second-order valence-corrected chi connectivity index (χ2v) is 5.12. The van der Waals surface area contributed by atoms with Gasteiger partial charge >= 0.3 is 0 Å². The van der Waals surface area contributed by atoms with Gasteiger partial charge in [0.25, 0.3) is 0 Å². The van der Waals surface area contributed by atoms with E-state index in [4.69, 9.17) is 4.74 Å². The largest absolute Gasteiger partial charge is 0.396 e. The lowest BCUT2D eigenvalue weighted by atomic mass is 9.81. The molecule has 0 aliphatic carbocycles. The summed E-state index contributed by atoms with van der Waals surface area (Å²) in [6, 6.07) is 3.88. The second kappa shape index (κ2) is 6.41. The first-order chi connectivity index (χ1) is 9.15. The summed E-state index contributed by atoms with van der Waals surface area (Å²) in [5, 5.41) is 12.7. The molecule has 1 saturated heterocycles. The SMILES string of the molecule is OCC1(CNCc2ccc(F)c(F)c2)CCOCC1. The lowest BCUT2D eigenvalue weighted by molar-refractivity contribution is -0.0154. The third kappa shape index (κ3) is 3.72. The van der Waals surface area contributed by atoms with Crippen molar-refractivity contribution in [1.29, 1.82) is 0 Å². The molecule has 1 aliphatic rings. The van der Waals surface area contributed by atoms with E-state index in [1.54, 1.807) is 6.07 Å². The molecule has 0 amide bonds. The van der Waals surface area contributed by atoms with Gasteiger partial charge in [0.15, 0.2) is 11.6 Å². The molecule has 2 N–H and O–H groups in total. The van der Waals surface area contributed by atoms with Crippen LogP contribution < -0.4 is 5.32 Å². The maximum absolute atomic E-state index is 13.0. The summed E-state index contributed by atoms with van der Waals surface area (Å²) in [5.74, 6) is -1.66. The van der Waals surface area contributed by atoms with Gasteiger partial charge in [-0.2, -0.15) is 0 Å². The van der Waals surface area contributed by atoms with Crippen LogP contribution in [0.15, 0.2) is 18.2 Å². The standard InChI is InChI=1S/C14H19F2NO2/c15-12-2-1-11(7-13(12)16)8-17-9-14(10-18)3-5-19-6-4-14/h1-2,7,17-18H,3-6,8-10H2. The van der Waals surface area contributed by atoms with E-state index in [0.717, 1.165) is 18.9 Å². The van der Waals surface area contributed by atoms with E-state index in [0.29, 0.717) is 31.9 Å². The topological polar surface area (TPSA) is 41.5 Å². The molecule has 1 aromatic rings. The Kier molecular flexibility index (Phi) is 4.85. The molecule has 0 unspecified atom stereocenters. The molecule has 0 saturated carbocycles. The van der Waals surface area contributed by atoms with Crippen molar-refractivity contribution >= 4 is 0 Å². The Balaban J connectivity index is 1.86. The van der Waals surface area contributed by atoms with Gasteiger partial charge < -0.3 is 15.2 Å². The van der Waals surface area contributed by atoms with Crippen molar-refractivity contribution in [3.05, 3.63) is 35.4 Å². The van der Waals surface area contributed by atoms with Crippen LogP contribution in [-0.2, 0) is 11.3 Å². The minimum absolute atomic E-state index is 0.112. The van der Waals surface area contributed by atoms with Crippen molar-refractivity contribution < 1.29 is 18.6 Å². The molecule has 3 nitrogen and oxygen atoms in total. The van der Waals surface area contributed by atoms with Crippen molar-refractivity contribution in [1.82, 2.24) is 5.32 Å². The summed E-state index contributed by atoms with van der Waals surface area (Å²) in [6.07, 6.45) is 1.63. The number of halogens is 2. The molecule has 1 heterocycles. The summed E-state index contributed by atoms with van der Waals surface area (Å²) in [7, 11) is 0. The molecule has 1 fully saturated rings. The number of aliphatic hydroxyl groups is 1. The van der Waals surface area contributed by atoms with E-state index >= 15 is 0 Å². The van der Waals surface area contributed by atoms with Crippen molar-refractivity contribution in [2.24, 2.45) is 5.41 Å². The number of ether oxygens (including phenoxy) is 1. The number of rotatable bonds is 5. The highest BCUT2D eigenvalue weighted by molar-refractivity contribution is 5.17. The number of nitrogens with one attached hydrogen (secondary N) is 1. The highest BCUT2D eigenvalue weighted by Gasteiger charge is 2.31. The quantitative estimate of drug-likeness (QED) is 0.858. The zero-order valence-corrected chi connectivity index (χ0v) is 10.8. The van der Waals surface area contributed by atoms with E-state index < -0.39 is 11.6 Å². The minimum atomic E-state index is -0.833. The summed E-state index contributed by atoms with van der Waals surface area (Å²) in [6.45, 7) is 2.54. The Morgan fingerprint density at radius 2 is 1.95 bits per heavy atom. The number of hydrogen-bond donors (Lipinski definition) is 2. The van der Waals surface area contributed by atoms with Gasteiger partial charge in [-0.05, 0) is 30.5 Å². The summed E-state index contributed by atoms with van der Waals surface area (Å²) in [5.41, 5.74) is 0.538. The van der Waals surface area contributed by atoms with Crippen LogP contribution >= 0.6 is 0 Å². The monoisotopic (exact) mass is 271 g/mol. The third-order valence-corrected chi connectivity index (χ3v) is 3.70. The van der Waals surface area contributed by atoms with E-state index in [9.17, 15) is 13.9 Å². The fraction of sp³-hybridized carbons (Fsp3) is 0.571. The van der Waals surface area contributed by atoms with Gasteiger partial charge in [-0.1, -0.05) is 6.07 Å². The van der Waals surface area contributed by atoms with Crippen LogP contribution in [0, 0.1) is 17.0 Å². The molecule has 0 spiro atoms. The van der Waals surface area contributed by atoms with Gasteiger partial charge in [-0.25, -0.2) is 8.78 Å². The Morgan fingerprint density at radius 1 is 1.21 bits per heavy atom. The van der Waals surface area contributed by atoms with Crippen LogP contribution in [0.2, 0.25) is 0 Å². The fourth-order valence-corrected chi connectivity index (χ4v) is 2.32. The predicted molar refractivity (Wildman–Crippen MR) is 67.6 cm³/mol. The normalized spacial score (nSPS) is 18.5. The Hall–Kier alpha value is -1.04. The van der Waals surface area contributed by atoms with Gasteiger partial charge in [-0.15, -0.1) is 0 Å². The van der Waals surface area contributed by atoms with Crippen LogP contribution in [0.25, 0.3) is 0 Å². The molecule has 106 valence electrons. The van der Waals surface area contributed by atoms with Crippen LogP contribution in [-0.4, -0.2) is 31.5 Å². The molecule has 0 atom stereocenters. The maximum atomic E-state index is 13.0. The van der Waals surface area contributed by atoms with Crippen LogP contribution in [0.1, 0.15) is 18.4 Å². The molecule has 0 radical (unpaired) electrons. The average Bonchev–Trinajstić information content (AvgIpc) is 2.44. The summed E-state index contributed by atoms with van der Waals surface area (Å²) < 4.78 is 31.1. The zero-order chi connectivity index (χ0) is 13.7. The number of benzene rings is 1. The summed E-state index contributed by atoms with van der Waals surface area (Å²) in [4.78, 5) is 0. The number of hydrogen-bond acceptors (Lipinski definition) is 3. The van der Waals surface area contributed by atoms with Gasteiger partial charge in [0, 0.05) is 31.7 Å². The average molecular weight is 271 g/mol. The molecule has 1 aliphatic heterocycles. The highest BCUT2D eigenvalue weighted by atomic mass is 19.2. The Labute approximate surface area is 111 Å². The Morgan fingerprint density at radius 3 is 2.58 bits per heavy atom. The second-order valence-electron chi connectivity index (χ2n) is 5.12. The van der Waals surface area contributed by atoms with Crippen LogP contribution in [0.5, 0.6) is 0 Å². The van der Waals surface area contributed by atoms with E-state index in [-0.39, 0.29) is 12.0 Å². The van der Waals surface area contributed by atoms with Gasteiger partial charge in [0.2, 0.25) is 0 Å². The van der Waals surface area contributed by atoms with Crippen molar-refractivity contribution in [3.8, 4) is 0 Å². The van der Waals surface area contributed by atoms with Crippen LogP contribution in [0.4, 0.5) is 8.78 Å². The molecule has 1 aromatic carbocycles. The minimum Gasteiger partial charge on any atom is -0.396 e. The Bertz CT molecular complexity index is 420. The van der Waals surface area contributed by atoms with Crippen LogP contribution in [0.3, 0.4) is 0 Å². The van der Waals surface area contributed by atoms with Gasteiger partial charge in [0.05, 0.1) is 6.61 Å². The predicted octanol–water partition coefficient (Wildman–Crippen LogP) is 1.84. The fourth-order valence-electron chi connectivity index (χ4n) is 2.32. The third-order valence-electron chi connectivity index (χ3n) is 3.70. The molecule has 0 aromatic heterocycles. The zero-order valence-electron chi connectivity index (χ0n) is 10.8. The molecular formula is C14H19F2NO2. The number of aliphatic hydroxyl groups excluding tert-OH is 1. The highest BCUT2D eigenvalue weighted by Crippen LogP contribution is 2.29. The van der Waals surface area contributed by atoms with Crippen molar-refractivity contribution in [3.63, 3.8) is 0 Å². The van der Waals surface area contributed by atoms with E-state index in [1.807, 2.05) is 0 Å². The van der Waals surface area contributed by atoms with E-state index in [2.05, 4.69) is 5.32 Å². The lowest BCUT2D eigenvalue weighted by Gasteiger charge is -2.35. The molecule has 2 rings (SSSR count). The summed E-state index contributed by atoms with van der Waals surface area (Å²) >= 11 is 0. The van der Waals surface area contributed by atoms with Crippen molar-refractivity contribution in [2.45, 2.75) is 19.4 Å². The van der Waals surface area contributed by atoms with Gasteiger partial charge in [-0.3, -0.25) is 0 Å². The molecule has 5 heteroatoms. The van der Waals surface area contributed by atoms with E-state index in [1.165, 1.54) is 6.07 Å². The van der Waals surface area contributed by atoms with Gasteiger partial charge in [0.1, 0.15) is 0 Å². The smallest absolute Gasteiger partial charge is 0.159 e. The van der Waals surface area contributed by atoms with Crippen molar-refractivity contribution in [2.75, 3.05) is 26.4 Å². The first kappa shape index (κ1) is 14.4. The lowest BCUT2D eigenvalue weighted by Crippen LogP contribution is -2.41. The maximum Gasteiger partial charge on any atom is 0.159 e.